The smallest absolute Gasteiger partial charge is 0.228 e. The zero-order valence-corrected chi connectivity index (χ0v) is 18.8. The van der Waals surface area contributed by atoms with Crippen molar-refractivity contribution in [2.24, 2.45) is 0 Å². The number of morpholine rings is 1. The predicted molar refractivity (Wildman–Crippen MR) is 116 cm³/mol. The van der Waals surface area contributed by atoms with Crippen molar-refractivity contribution in [2.45, 2.75) is 42.8 Å². The minimum absolute atomic E-state index is 0.0853. The molecule has 1 aromatic carbocycles. The number of aromatic nitrogens is 3. The molecule has 0 amide bonds. The van der Waals surface area contributed by atoms with Crippen molar-refractivity contribution in [2.75, 3.05) is 37.8 Å². The van der Waals surface area contributed by atoms with Crippen molar-refractivity contribution in [3.8, 4) is 0 Å². The van der Waals surface area contributed by atoms with Crippen molar-refractivity contribution < 1.29 is 14.3 Å². The summed E-state index contributed by atoms with van der Waals surface area (Å²) in [7, 11) is 0. The number of thioether (sulfide) groups is 1. The minimum atomic E-state index is -0.263. The number of anilines is 1. The summed E-state index contributed by atoms with van der Waals surface area (Å²) in [5.74, 6) is 0.927. The Morgan fingerprint density at radius 1 is 1.24 bits per heavy atom. The van der Waals surface area contributed by atoms with Crippen LogP contribution in [-0.2, 0) is 16.0 Å². The van der Waals surface area contributed by atoms with Crippen molar-refractivity contribution in [3.05, 3.63) is 34.3 Å². The summed E-state index contributed by atoms with van der Waals surface area (Å²) in [5.41, 5.74) is 0.701. The lowest BCUT2D eigenvalue weighted by molar-refractivity contribution is 0.0942. The maximum absolute atomic E-state index is 12.9. The van der Waals surface area contributed by atoms with Gasteiger partial charge in [-0.1, -0.05) is 39.8 Å². The Hall–Kier alpha value is -1.42. The number of ketones is 1. The van der Waals surface area contributed by atoms with Crippen LogP contribution in [0.15, 0.2) is 33.9 Å². The summed E-state index contributed by atoms with van der Waals surface area (Å²) in [6.07, 6.45) is 2.29. The molecule has 0 saturated carbocycles. The molecule has 2 saturated heterocycles. The van der Waals surface area contributed by atoms with Crippen LogP contribution in [0.3, 0.4) is 0 Å². The first-order chi connectivity index (χ1) is 14.1. The number of nitrogens with zero attached hydrogens (tertiary/aromatic N) is 4. The highest BCUT2D eigenvalue weighted by molar-refractivity contribution is 9.10. The fraction of sp³-hybridized carbons (Fsp3) is 0.550. The lowest BCUT2D eigenvalue weighted by atomic mass is 10.1. The maximum Gasteiger partial charge on any atom is 0.228 e. The number of carbonyl (C=O) groups is 1. The van der Waals surface area contributed by atoms with Crippen molar-refractivity contribution in [1.82, 2.24) is 14.8 Å². The number of ether oxygens (including phenoxy) is 2. The molecule has 0 spiro atoms. The van der Waals surface area contributed by atoms with Crippen LogP contribution in [0.4, 0.5) is 5.95 Å². The second-order valence-electron chi connectivity index (χ2n) is 7.26. The van der Waals surface area contributed by atoms with Gasteiger partial charge in [0.15, 0.2) is 10.9 Å². The summed E-state index contributed by atoms with van der Waals surface area (Å²) in [6, 6.07) is 7.47. The highest BCUT2D eigenvalue weighted by Crippen LogP contribution is 2.29. The van der Waals surface area contributed by atoms with Crippen molar-refractivity contribution in [1.29, 1.82) is 0 Å². The van der Waals surface area contributed by atoms with Crippen LogP contribution in [0.5, 0.6) is 0 Å². The monoisotopic (exact) mass is 480 g/mol. The van der Waals surface area contributed by atoms with Crippen LogP contribution in [0.1, 0.15) is 30.1 Å². The third kappa shape index (κ3) is 5.02. The summed E-state index contributed by atoms with van der Waals surface area (Å²) in [5, 5.41) is 9.41. The van der Waals surface area contributed by atoms with Gasteiger partial charge >= 0.3 is 0 Å². The van der Waals surface area contributed by atoms with Gasteiger partial charge in [-0.15, -0.1) is 10.2 Å². The first kappa shape index (κ1) is 20.8. The van der Waals surface area contributed by atoms with Gasteiger partial charge in [0.25, 0.3) is 0 Å². The standard InChI is InChI=1S/C20H25BrN4O3S/c1-14(18(26)15-4-6-16(21)7-5-15)29-20-23-22-19(24-8-11-27-12-9-24)25(20)13-17-3-2-10-28-17/h4-7,14,17H,2-3,8-13H2,1H3/t14-,17-/m0/s1. The summed E-state index contributed by atoms with van der Waals surface area (Å²) < 4.78 is 14.4. The molecule has 7 nitrogen and oxygen atoms in total. The van der Waals surface area contributed by atoms with E-state index in [4.69, 9.17) is 9.47 Å². The van der Waals surface area contributed by atoms with Gasteiger partial charge in [-0.25, -0.2) is 0 Å². The van der Waals surface area contributed by atoms with Crippen LogP contribution in [-0.4, -0.2) is 64.8 Å². The predicted octanol–water partition coefficient (Wildman–Crippen LogP) is 3.42. The lowest BCUT2D eigenvalue weighted by Crippen LogP contribution is -2.38. The van der Waals surface area contributed by atoms with Gasteiger partial charge in [0.1, 0.15) is 0 Å². The van der Waals surface area contributed by atoms with Gasteiger partial charge in [-0.2, -0.15) is 0 Å². The van der Waals surface area contributed by atoms with E-state index in [1.165, 1.54) is 11.8 Å². The van der Waals surface area contributed by atoms with E-state index in [9.17, 15) is 4.79 Å². The number of hydrogen-bond acceptors (Lipinski definition) is 7. The van der Waals surface area contributed by atoms with Crippen LogP contribution < -0.4 is 4.90 Å². The Labute approximate surface area is 183 Å². The Bertz CT molecular complexity index is 833. The largest absolute Gasteiger partial charge is 0.378 e. The van der Waals surface area contributed by atoms with E-state index < -0.39 is 0 Å². The van der Waals surface area contributed by atoms with E-state index in [2.05, 4.69) is 35.6 Å². The van der Waals surface area contributed by atoms with E-state index >= 15 is 0 Å². The molecule has 2 fully saturated rings. The van der Waals surface area contributed by atoms with Crippen molar-refractivity contribution >= 4 is 39.4 Å². The van der Waals surface area contributed by atoms with Gasteiger partial charge in [0, 0.05) is 29.7 Å². The van der Waals surface area contributed by atoms with Crippen LogP contribution >= 0.6 is 27.7 Å². The number of benzene rings is 1. The maximum atomic E-state index is 12.9. The fourth-order valence-corrected chi connectivity index (χ4v) is 4.77. The first-order valence-corrected chi connectivity index (χ1v) is 11.6. The van der Waals surface area contributed by atoms with E-state index in [1.807, 2.05) is 31.2 Å². The molecule has 0 bridgehead atoms. The number of rotatable bonds is 7. The molecule has 156 valence electrons. The normalized spacial score (nSPS) is 20.8. The first-order valence-electron chi connectivity index (χ1n) is 9.96. The Morgan fingerprint density at radius 3 is 2.69 bits per heavy atom. The molecule has 9 heteroatoms. The van der Waals surface area contributed by atoms with Gasteiger partial charge < -0.3 is 14.4 Å². The Kier molecular flexibility index (Phi) is 6.89. The average Bonchev–Trinajstić information content (AvgIpc) is 3.39. The van der Waals surface area contributed by atoms with E-state index in [0.717, 1.165) is 48.1 Å². The molecule has 2 aliphatic rings. The topological polar surface area (TPSA) is 69.5 Å². The fourth-order valence-electron chi connectivity index (χ4n) is 3.58. The zero-order chi connectivity index (χ0) is 20.2. The third-order valence-corrected chi connectivity index (χ3v) is 6.79. The number of Topliss-reactive ketones (excluding diaryl/α,β-unsaturated/α-hetero) is 1. The second-order valence-corrected chi connectivity index (χ2v) is 9.48. The van der Waals surface area contributed by atoms with Crippen LogP contribution in [0.2, 0.25) is 0 Å². The third-order valence-electron chi connectivity index (χ3n) is 5.18. The molecule has 4 rings (SSSR count). The van der Waals surface area contributed by atoms with Gasteiger partial charge in [-0.05, 0) is 31.9 Å². The summed E-state index contributed by atoms with van der Waals surface area (Å²) in [4.78, 5) is 15.1. The molecule has 3 heterocycles. The molecular formula is C20H25BrN4O3S. The van der Waals surface area contributed by atoms with E-state index in [1.54, 1.807) is 0 Å². The Morgan fingerprint density at radius 2 is 2.00 bits per heavy atom. The van der Waals surface area contributed by atoms with Gasteiger partial charge in [-0.3, -0.25) is 9.36 Å². The SMILES string of the molecule is C[C@H](Sc1nnc(N2CCOCC2)n1C[C@@H]1CCCO1)C(=O)c1ccc(Br)cc1. The zero-order valence-electron chi connectivity index (χ0n) is 16.4. The number of hydrogen-bond donors (Lipinski definition) is 0. The molecule has 0 radical (unpaired) electrons. The summed E-state index contributed by atoms with van der Waals surface area (Å²) in [6.45, 7) is 6.40. The molecule has 0 unspecified atom stereocenters. The molecule has 2 aromatic rings. The molecule has 2 aliphatic heterocycles. The molecule has 2 atom stereocenters. The quantitative estimate of drug-likeness (QED) is 0.444. The summed E-state index contributed by atoms with van der Waals surface area (Å²) >= 11 is 4.87. The van der Waals surface area contributed by atoms with Crippen LogP contribution in [0.25, 0.3) is 0 Å². The Balaban J connectivity index is 1.54. The second kappa shape index (κ2) is 9.59. The average molecular weight is 481 g/mol. The molecule has 0 N–H and O–H groups in total. The van der Waals surface area contributed by atoms with Crippen molar-refractivity contribution in [3.63, 3.8) is 0 Å². The molecule has 1 aromatic heterocycles. The molecule has 0 aliphatic carbocycles. The molecular weight excluding hydrogens is 456 g/mol. The number of halogens is 1. The number of carbonyl (C=O) groups excluding carboxylic acids is 1. The van der Waals surface area contributed by atoms with Gasteiger partial charge in [0.05, 0.1) is 31.1 Å². The van der Waals surface area contributed by atoms with E-state index in [0.29, 0.717) is 25.3 Å². The molecule has 29 heavy (non-hydrogen) atoms. The van der Waals surface area contributed by atoms with Crippen LogP contribution in [0, 0.1) is 0 Å². The minimum Gasteiger partial charge on any atom is -0.378 e. The lowest BCUT2D eigenvalue weighted by Gasteiger charge is -2.28. The highest BCUT2D eigenvalue weighted by atomic mass is 79.9. The van der Waals surface area contributed by atoms with E-state index in [-0.39, 0.29) is 17.1 Å². The highest BCUT2D eigenvalue weighted by Gasteiger charge is 2.27. The van der Waals surface area contributed by atoms with Gasteiger partial charge in [0.2, 0.25) is 5.95 Å².